The molecule has 38 heavy (non-hydrogen) atoms. The Morgan fingerprint density at radius 3 is 1.95 bits per heavy atom. The first-order valence-corrected chi connectivity index (χ1v) is 12.9. The van der Waals surface area contributed by atoms with Gasteiger partial charge in [-0.3, -0.25) is 4.79 Å². The minimum atomic E-state index is -0.865. The minimum absolute atomic E-state index is 0.330. The quantitative estimate of drug-likeness (QED) is 0.235. The van der Waals surface area contributed by atoms with Crippen molar-refractivity contribution >= 4 is 6.29 Å². The third kappa shape index (κ3) is 6.11. The molecule has 0 spiro atoms. The van der Waals surface area contributed by atoms with Crippen molar-refractivity contribution in [2.75, 3.05) is 6.61 Å². The van der Waals surface area contributed by atoms with Crippen molar-refractivity contribution in [3.63, 3.8) is 0 Å². The molecule has 6 nitrogen and oxygen atoms in total. The summed E-state index contributed by atoms with van der Waals surface area (Å²) in [6.45, 7) is 3.62. The van der Waals surface area contributed by atoms with Crippen molar-refractivity contribution in [2.45, 2.75) is 50.7 Å². The molecule has 0 radical (unpaired) electrons. The van der Waals surface area contributed by atoms with Gasteiger partial charge in [0.1, 0.15) is 23.9 Å². The fourth-order valence-electron chi connectivity index (χ4n) is 4.93. The lowest BCUT2D eigenvalue weighted by Crippen LogP contribution is -2.47. The van der Waals surface area contributed by atoms with E-state index in [4.69, 9.17) is 18.9 Å². The maximum absolute atomic E-state index is 11.4. The molecule has 196 valence electrons. The summed E-state index contributed by atoms with van der Waals surface area (Å²) >= 11 is 0. The lowest BCUT2D eigenvalue weighted by atomic mass is 9.90. The van der Waals surface area contributed by atoms with E-state index in [9.17, 15) is 4.79 Å². The van der Waals surface area contributed by atoms with E-state index in [-0.39, 0.29) is 0 Å². The molecule has 0 bridgehead atoms. The van der Waals surface area contributed by atoms with Crippen LogP contribution in [-0.2, 0) is 38.8 Å². The van der Waals surface area contributed by atoms with Gasteiger partial charge in [-0.05, 0) is 35.7 Å². The molecule has 3 aromatic carbocycles. The smallest absolute Gasteiger partial charge is 0.166 e. The zero-order chi connectivity index (χ0) is 26.2. The standard InChI is InChI=1S/C32H33NO5/c1-32(37-22-26-15-9-4-10-16-26)30(28-18-17-27(19-34)33-28)38-29(23-35-20-24-11-5-2-6-12-24)31(32)36-21-25-13-7-3-8-14-25/h2-19,29-31,33H,20-23H2,1H3/t29-,30+,31-,32+/m1/s1. The Morgan fingerprint density at radius 1 is 0.789 bits per heavy atom. The van der Waals surface area contributed by atoms with E-state index >= 15 is 0 Å². The third-order valence-electron chi connectivity index (χ3n) is 6.93. The van der Waals surface area contributed by atoms with Crippen molar-refractivity contribution in [3.05, 3.63) is 131 Å². The summed E-state index contributed by atoms with van der Waals surface area (Å²) in [5.41, 5.74) is 3.59. The van der Waals surface area contributed by atoms with Crippen molar-refractivity contribution in [1.82, 2.24) is 4.98 Å². The van der Waals surface area contributed by atoms with Gasteiger partial charge in [0.2, 0.25) is 0 Å². The van der Waals surface area contributed by atoms with Crippen LogP contribution in [0.3, 0.4) is 0 Å². The van der Waals surface area contributed by atoms with E-state index in [1.54, 1.807) is 6.07 Å². The molecule has 5 rings (SSSR count). The van der Waals surface area contributed by atoms with E-state index in [1.807, 2.05) is 104 Å². The Balaban J connectivity index is 1.41. The first-order chi connectivity index (χ1) is 18.7. The highest BCUT2D eigenvalue weighted by atomic mass is 16.6. The second kappa shape index (κ2) is 12.3. The number of aldehydes is 1. The van der Waals surface area contributed by atoms with Crippen LogP contribution in [0.25, 0.3) is 0 Å². The molecule has 4 atom stereocenters. The molecule has 0 aliphatic carbocycles. The fourth-order valence-corrected chi connectivity index (χ4v) is 4.93. The number of hydrogen-bond donors (Lipinski definition) is 1. The van der Waals surface area contributed by atoms with Gasteiger partial charge < -0.3 is 23.9 Å². The van der Waals surface area contributed by atoms with Crippen molar-refractivity contribution in [2.24, 2.45) is 0 Å². The normalized spacial score (nSPS) is 22.9. The third-order valence-corrected chi connectivity index (χ3v) is 6.93. The lowest BCUT2D eigenvalue weighted by molar-refractivity contribution is -0.148. The summed E-state index contributed by atoms with van der Waals surface area (Å²) in [7, 11) is 0. The molecular weight excluding hydrogens is 478 g/mol. The highest BCUT2D eigenvalue weighted by molar-refractivity contribution is 5.72. The van der Waals surface area contributed by atoms with E-state index < -0.39 is 23.9 Å². The maximum atomic E-state index is 11.4. The topological polar surface area (TPSA) is 69.8 Å². The molecule has 1 aromatic heterocycles. The number of ether oxygens (including phenoxy) is 4. The zero-order valence-corrected chi connectivity index (χ0v) is 21.5. The highest BCUT2D eigenvalue weighted by Crippen LogP contribution is 2.46. The fraction of sp³-hybridized carbons (Fsp3) is 0.281. The Hall–Kier alpha value is -3.55. The average Bonchev–Trinajstić information content (AvgIpc) is 3.55. The van der Waals surface area contributed by atoms with E-state index in [2.05, 4.69) is 4.98 Å². The number of H-pyrrole nitrogens is 1. The van der Waals surface area contributed by atoms with Crippen LogP contribution >= 0.6 is 0 Å². The molecule has 1 aliphatic rings. The summed E-state index contributed by atoms with van der Waals surface area (Å²) < 4.78 is 26.0. The van der Waals surface area contributed by atoms with Gasteiger partial charge in [0.15, 0.2) is 6.29 Å². The molecule has 0 amide bonds. The highest BCUT2D eigenvalue weighted by Gasteiger charge is 2.56. The molecule has 1 N–H and O–H groups in total. The van der Waals surface area contributed by atoms with Crippen LogP contribution < -0.4 is 0 Å². The van der Waals surface area contributed by atoms with E-state index in [0.29, 0.717) is 32.1 Å². The summed E-state index contributed by atoms with van der Waals surface area (Å²) in [4.78, 5) is 14.6. The van der Waals surface area contributed by atoms with Crippen molar-refractivity contribution in [1.29, 1.82) is 0 Å². The van der Waals surface area contributed by atoms with Gasteiger partial charge in [-0.15, -0.1) is 0 Å². The van der Waals surface area contributed by atoms with Gasteiger partial charge in [0.25, 0.3) is 0 Å². The monoisotopic (exact) mass is 511 g/mol. The van der Waals surface area contributed by atoms with Crippen LogP contribution in [0, 0.1) is 0 Å². The van der Waals surface area contributed by atoms with Crippen LogP contribution in [0.4, 0.5) is 0 Å². The summed E-state index contributed by atoms with van der Waals surface area (Å²) in [5, 5.41) is 0. The first-order valence-electron chi connectivity index (χ1n) is 12.9. The molecular formula is C32H33NO5. The SMILES string of the molecule is C[C@@]1(OCc2ccccc2)[C@H](OCc2ccccc2)[C@@H](COCc2ccccc2)O[C@H]1c1ccc(C=O)[nH]1. The largest absolute Gasteiger partial charge is 0.374 e. The summed E-state index contributed by atoms with van der Waals surface area (Å²) in [6.07, 6.45) is -0.526. The second-order valence-corrected chi connectivity index (χ2v) is 9.72. The number of hydrogen-bond acceptors (Lipinski definition) is 5. The molecule has 2 heterocycles. The van der Waals surface area contributed by atoms with Crippen LogP contribution in [-0.4, -0.2) is 35.7 Å². The Labute approximate surface area is 223 Å². The number of benzene rings is 3. The summed E-state index contributed by atoms with van der Waals surface area (Å²) in [5.74, 6) is 0. The number of nitrogens with one attached hydrogen (secondary N) is 1. The number of carbonyl (C=O) groups excluding carboxylic acids is 1. The predicted molar refractivity (Wildman–Crippen MR) is 145 cm³/mol. The predicted octanol–water partition coefficient (Wildman–Crippen LogP) is 6.04. The Kier molecular flexibility index (Phi) is 8.46. The average molecular weight is 512 g/mol. The summed E-state index contributed by atoms with van der Waals surface area (Å²) in [6, 6.07) is 33.8. The van der Waals surface area contributed by atoms with Gasteiger partial charge in [0, 0.05) is 5.69 Å². The number of carbonyl (C=O) groups is 1. The second-order valence-electron chi connectivity index (χ2n) is 9.72. The van der Waals surface area contributed by atoms with E-state index in [1.165, 1.54) is 0 Å². The molecule has 1 fully saturated rings. The zero-order valence-electron chi connectivity index (χ0n) is 21.5. The number of rotatable bonds is 12. The molecule has 4 aromatic rings. The molecule has 6 heteroatoms. The van der Waals surface area contributed by atoms with Gasteiger partial charge in [-0.1, -0.05) is 91.0 Å². The van der Waals surface area contributed by atoms with Gasteiger partial charge >= 0.3 is 0 Å². The minimum Gasteiger partial charge on any atom is -0.374 e. The number of aromatic nitrogens is 1. The van der Waals surface area contributed by atoms with Gasteiger partial charge in [0.05, 0.1) is 32.1 Å². The maximum Gasteiger partial charge on any atom is 0.166 e. The number of aromatic amines is 1. The first kappa shape index (κ1) is 26.1. The van der Waals surface area contributed by atoms with E-state index in [0.717, 1.165) is 28.7 Å². The molecule has 1 saturated heterocycles. The van der Waals surface area contributed by atoms with Crippen molar-refractivity contribution in [3.8, 4) is 0 Å². The van der Waals surface area contributed by atoms with Crippen LogP contribution in [0.5, 0.6) is 0 Å². The van der Waals surface area contributed by atoms with Crippen LogP contribution in [0.15, 0.2) is 103 Å². The molecule has 1 aliphatic heterocycles. The lowest BCUT2D eigenvalue weighted by Gasteiger charge is -2.35. The molecule has 0 unspecified atom stereocenters. The van der Waals surface area contributed by atoms with Gasteiger partial charge in [-0.2, -0.15) is 0 Å². The van der Waals surface area contributed by atoms with Crippen LogP contribution in [0.1, 0.15) is 45.9 Å². The Bertz CT molecular complexity index is 1280. The van der Waals surface area contributed by atoms with Crippen LogP contribution in [0.2, 0.25) is 0 Å². The molecule has 0 saturated carbocycles. The van der Waals surface area contributed by atoms with Crippen molar-refractivity contribution < 1.29 is 23.7 Å². The van der Waals surface area contributed by atoms with Gasteiger partial charge in [-0.25, -0.2) is 0 Å². The Morgan fingerprint density at radius 2 is 1.37 bits per heavy atom.